The molecular formula is C17H25N3O5S. The van der Waals surface area contributed by atoms with Crippen LogP contribution in [0.5, 0.6) is 0 Å². The van der Waals surface area contributed by atoms with Crippen molar-refractivity contribution in [2.45, 2.75) is 45.1 Å². The summed E-state index contributed by atoms with van der Waals surface area (Å²) in [6.45, 7) is 1.76. The van der Waals surface area contributed by atoms with Gasteiger partial charge in [-0.3, -0.25) is 9.59 Å². The number of sulfone groups is 1. The summed E-state index contributed by atoms with van der Waals surface area (Å²) < 4.78 is 28.2. The molecule has 1 aliphatic carbocycles. The lowest BCUT2D eigenvalue weighted by molar-refractivity contribution is -0.138. The lowest BCUT2D eigenvalue weighted by Gasteiger charge is -2.32. The second kappa shape index (κ2) is 7.38. The first-order valence-corrected chi connectivity index (χ1v) is 10.8. The van der Waals surface area contributed by atoms with E-state index in [4.69, 9.17) is 4.52 Å². The van der Waals surface area contributed by atoms with Gasteiger partial charge in [-0.05, 0) is 39.0 Å². The zero-order valence-electron chi connectivity index (χ0n) is 15.1. The molecule has 9 heteroatoms. The fraction of sp³-hybridized carbons (Fsp3) is 0.706. The van der Waals surface area contributed by atoms with Crippen molar-refractivity contribution in [1.82, 2.24) is 10.1 Å². The zero-order chi connectivity index (χ0) is 18.9. The van der Waals surface area contributed by atoms with Gasteiger partial charge in [-0.15, -0.1) is 0 Å². The molecule has 2 amide bonds. The summed E-state index contributed by atoms with van der Waals surface area (Å²) in [7, 11) is -1.32. The Hall–Kier alpha value is -1.90. The lowest BCUT2D eigenvalue weighted by Crippen LogP contribution is -2.42. The molecule has 0 bridgehead atoms. The molecule has 1 unspecified atom stereocenters. The Bertz CT molecular complexity index is 780. The summed E-state index contributed by atoms with van der Waals surface area (Å²) >= 11 is 0. The van der Waals surface area contributed by atoms with E-state index in [2.05, 4.69) is 10.5 Å². The highest BCUT2D eigenvalue weighted by atomic mass is 32.2. The topological polar surface area (TPSA) is 110 Å². The van der Waals surface area contributed by atoms with E-state index in [1.807, 2.05) is 0 Å². The van der Waals surface area contributed by atoms with Gasteiger partial charge in [-0.25, -0.2) is 8.42 Å². The predicted molar refractivity (Wildman–Crippen MR) is 95.1 cm³/mol. The van der Waals surface area contributed by atoms with Crippen LogP contribution in [0.25, 0.3) is 0 Å². The van der Waals surface area contributed by atoms with E-state index in [0.29, 0.717) is 43.7 Å². The molecule has 26 heavy (non-hydrogen) atoms. The average Bonchev–Trinajstić information content (AvgIpc) is 3.18. The van der Waals surface area contributed by atoms with Crippen LogP contribution in [0.15, 0.2) is 10.6 Å². The highest BCUT2D eigenvalue weighted by molar-refractivity contribution is 7.91. The predicted octanol–water partition coefficient (Wildman–Crippen LogP) is 1.37. The third-order valence-corrected chi connectivity index (χ3v) is 7.18. The van der Waals surface area contributed by atoms with E-state index in [1.54, 1.807) is 24.9 Å². The van der Waals surface area contributed by atoms with Gasteiger partial charge < -0.3 is 14.7 Å². The van der Waals surface area contributed by atoms with E-state index >= 15 is 0 Å². The van der Waals surface area contributed by atoms with Gasteiger partial charge in [0.15, 0.2) is 15.7 Å². The SMILES string of the molecule is Cc1cc(NC(=O)C2CCC(C(=O)N(C)C3CCS(=O)(=O)C3)CC2)no1. The van der Waals surface area contributed by atoms with Crippen molar-refractivity contribution in [3.05, 3.63) is 11.8 Å². The summed E-state index contributed by atoms with van der Waals surface area (Å²) in [5.74, 6) is 0.875. The molecule has 0 radical (unpaired) electrons. The first-order chi connectivity index (χ1) is 12.2. The molecule has 1 saturated heterocycles. The second-order valence-corrected chi connectivity index (χ2v) is 9.60. The molecule has 0 aromatic carbocycles. The molecule has 8 nitrogen and oxygen atoms in total. The van der Waals surface area contributed by atoms with E-state index in [9.17, 15) is 18.0 Å². The fourth-order valence-corrected chi connectivity index (χ4v) is 5.58. The first kappa shape index (κ1) is 18.9. The number of rotatable bonds is 4. The smallest absolute Gasteiger partial charge is 0.228 e. The number of aryl methyl sites for hydroxylation is 1. The zero-order valence-corrected chi connectivity index (χ0v) is 15.9. The summed E-state index contributed by atoms with van der Waals surface area (Å²) in [5, 5.41) is 6.50. The van der Waals surface area contributed by atoms with Crippen LogP contribution in [-0.2, 0) is 19.4 Å². The number of amides is 2. The van der Waals surface area contributed by atoms with Gasteiger partial charge >= 0.3 is 0 Å². The van der Waals surface area contributed by atoms with Crippen molar-refractivity contribution >= 4 is 27.5 Å². The monoisotopic (exact) mass is 383 g/mol. The van der Waals surface area contributed by atoms with Crippen LogP contribution in [0.2, 0.25) is 0 Å². The molecule has 2 aliphatic rings. The normalized spacial score (nSPS) is 27.8. The fourth-order valence-electron chi connectivity index (χ4n) is 3.80. The van der Waals surface area contributed by atoms with E-state index in [-0.39, 0.29) is 41.2 Å². The number of hydrogen-bond acceptors (Lipinski definition) is 6. The van der Waals surface area contributed by atoms with E-state index in [0.717, 1.165) is 0 Å². The van der Waals surface area contributed by atoms with E-state index in [1.165, 1.54) is 0 Å². The number of carbonyl (C=O) groups is 2. The molecule has 144 valence electrons. The Kier molecular flexibility index (Phi) is 5.36. The van der Waals surface area contributed by atoms with Gasteiger partial charge in [-0.2, -0.15) is 0 Å². The molecule has 1 atom stereocenters. The Balaban J connectivity index is 1.50. The standard InChI is InChI=1S/C17H25N3O5S/c1-11-9-15(19-25-11)18-16(21)12-3-5-13(6-4-12)17(22)20(2)14-7-8-26(23,24)10-14/h9,12-14H,3-8,10H2,1-2H3,(H,18,19,21). The summed E-state index contributed by atoms with van der Waals surface area (Å²) in [6.07, 6.45) is 3.06. The molecule has 1 N–H and O–H groups in total. The van der Waals surface area contributed by atoms with Gasteiger partial charge in [-0.1, -0.05) is 5.16 Å². The van der Waals surface area contributed by atoms with Crippen molar-refractivity contribution in [3.63, 3.8) is 0 Å². The molecule has 2 fully saturated rings. The number of aromatic nitrogens is 1. The van der Waals surface area contributed by atoms with E-state index < -0.39 is 9.84 Å². The molecule has 1 saturated carbocycles. The summed E-state index contributed by atoms with van der Waals surface area (Å²) in [5.41, 5.74) is 0. The maximum absolute atomic E-state index is 12.7. The van der Waals surface area contributed by atoms with Gasteiger partial charge in [0.25, 0.3) is 0 Å². The minimum Gasteiger partial charge on any atom is -0.360 e. The quantitative estimate of drug-likeness (QED) is 0.841. The molecule has 1 aliphatic heterocycles. The third-order valence-electron chi connectivity index (χ3n) is 5.43. The van der Waals surface area contributed by atoms with Crippen molar-refractivity contribution in [1.29, 1.82) is 0 Å². The number of nitrogens with zero attached hydrogens (tertiary/aromatic N) is 2. The first-order valence-electron chi connectivity index (χ1n) is 8.96. The molecule has 1 aromatic heterocycles. The van der Waals surface area contributed by atoms with Crippen molar-refractivity contribution < 1.29 is 22.5 Å². The highest BCUT2D eigenvalue weighted by Gasteiger charge is 2.37. The maximum atomic E-state index is 12.7. The Morgan fingerprint density at radius 1 is 1.19 bits per heavy atom. The molecule has 2 heterocycles. The van der Waals surface area contributed by atoms with Crippen molar-refractivity contribution in [3.8, 4) is 0 Å². The molecule has 0 spiro atoms. The van der Waals surface area contributed by atoms with Crippen LogP contribution in [0.4, 0.5) is 5.82 Å². The molecule has 1 aromatic rings. The highest BCUT2D eigenvalue weighted by Crippen LogP contribution is 2.32. The van der Waals surface area contributed by atoms with Crippen LogP contribution in [-0.4, -0.2) is 54.9 Å². The largest absolute Gasteiger partial charge is 0.360 e. The van der Waals surface area contributed by atoms with Gasteiger partial charge in [0, 0.05) is 31.0 Å². The Morgan fingerprint density at radius 2 is 1.85 bits per heavy atom. The minimum absolute atomic E-state index is 0.00177. The number of hydrogen-bond donors (Lipinski definition) is 1. The molecule has 3 rings (SSSR count). The second-order valence-electron chi connectivity index (χ2n) is 7.37. The van der Waals surface area contributed by atoms with Crippen LogP contribution in [0, 0.1) is 18.8 Å². The molecular weight excluding hydrogens is 358 g/mol. The summed E-state index contributed by atoms with van der Waals surface area (Å²) in [6, 6.07) is 1.45. The van der Waals surface area contributed by atoms with Gasteiger partial charge in [0.1, 0.15) is 5.76 Å². The number of nitrogens with one attached hydrogen (secondary N) is 1. The Morgan fingerprint density at radius 3 is 2.38 bits per heavy atom. The minimum atomic E-state index is -3.01. The van der Waals surface area contributed by atoms with Crippen LogP contribution < -0.4 is 5.32 Å². The van der Waals surface area contributed by atoms with Crippen LogP contribution in [0.1, 0.15) is 37.9 Å². The number of anilines is 1. The van der Waals surface area contributed by atoms with Crippen molar-refractivity contribution in [2.75, 3.05) is 23.9 Å². The lowest BCUT2D eigenvalue weighted by atomic mass is 9.80. The van der Waals surface area contributed by atoms with Crippen LogP contribution >= 0.6 is 0 Å². The van der Waals surface area contributed by atoms with Gasteiger partial charge in [0.05, 0.1) is 11.5 Å². The summed E-state index contributed by atoms with van der Waals surface area (Å²) in [4.78, 5) is 26.6. The van der Waals surface area contributed by atoms with Crippen molar-refractivity contribution in [2.24, 2.45) is 11.8 Å². The van der Waals surface area contributed by atoms with Crippen LogP contribution in [0.3, 0.4) is 0 Å². The number of carbonyl (C=O) groups excluding carboxylic acids is 2. The average molecular weight is 383 g/mol. The Labute approximate surface area is 153 Å². The maximum Gasteiger partial charge on any atom is 0.228 e. The third kappa shape index (κ3) is 4.25. The van der Waals surface area contributed by atoms with Gasteiger partial charge in [0.2, 0.25) is 11.8 Å².